The Balaban J connectivity index is 1.49. The summed E-state index contributed by atoms with van der Waals surface area (Å²) in [5.74, 6) is 0.570. The third kappa shape index (κ3) is 2.94. The largest absolute Gasteiger partial charge is 0.338 e. The summed E-state index contributed by atoms with van der Waals surface area (Å²) in [5, 5.41) is 7.34. The molecule has 8 heteroatoms. The predicted octanol–water partition coefficient (Wildman–Crippen LogP) is 0.402. The molecule has 4 rings (SSSR count). The van der Waals surface area contributed by atoms with E-state index >= 15 is 0 Å². The number of hydrogen-bond donors (Lipinski definition) is 1. The fraction of sp³-hybridized carbons (Fsp3) is 0.556. The number of amides is 2. The van der Waals surface area contributed by atoms with Crippen LogP contribution in [0.15, 0.2) is 24.7 Å². The summed E-state index contributed by atoms with van der Waals surface area (Å²) in [5.41, 5.74) is 1.14. The van der Waals surface area contributed by atoms with Gasteiger partial charge < -0.3 is 15.1 Å². The van der Waals surface area contributed by atoms with E-state index in [1.54, 1.807) is 29.2 Å². The second-order valence-electron chi connectivity index (χ2n) is 7.04. The molecule has 0 bridgehead atoms. The summed E-state index contributed by atoms with van der Waals surface area (Å²) in [6, 6.07) is 2.04. The van der Waals surface area contributed by atoms with Gasteiger partial charge in [-0.1, -0.05) is 0 Å². The summed E-state index contributed by atoms with van der Waals surface area (Å²) in [6.45, 7) is 2.89. The number of hydrogen-bond acceptors (Lipinski definition) is 5. The van der Waals surface area contributed by atoms with Crippen LogP contribution < -0.4 is 5.32 Å². The molecule has 0 saturated carbocycles. The van der Waals surface area contributed by atoms with Gasteiger partial charge in [0.25, 0.3) is 5.91 Å². The van der Waals surface area contributed by atoms with Crippen LogP contribution in [0.3, 0.4) is 0 Å². The number of carbonyl (C=O) groups excluding carboxylic acids is 2. The van der Waals surface area contributed by atoms with Crippen molar-refractivity contribution in [2.45, 2.75) is 25.3 Å². The Hall–Kier alpha value is -2.48. The molecule has 0 radical (unpaired) electrons. The van der Waals surface area contributed by atoms with Crippen molar-refractivity contribution >= 4 is 17.5 Å². The van der Waals surface area contributed by atoms with Crippen molar-refractivity contribution in [2.75, 3.05) is 33.2 Å². The lowest BCUT2D eigenvalue weighted by atomic mass is 9.83. The molecule has 8 nitrogen and oxygen atoms in total. The topological polar surface area (TPSA) is 82.8 Å². The summed E-state index contributed by atoms with van der Waals surface area (Å²) in [7, 11) is 1.90. The van der Waals surface area contributed by atoms with Gasteiger partial charge in [0, 0.05) is 51.0 Å². The lowest BCUT2D eigenvalue weighted by Gasteiger charge is -2.47. The highest BCUT2D eigenvalue weighted by molar-refractivity contribution is 5.99. The number of rotatable bonds is 4. The summed E-state index contributed by atoms with van der Waals surface area (Å²) < 4.78 is 1.62. The highest BCUT2D eigenvalue weighted by Crippen LogP contribution is 2.31. The second kappa shape index (κ2) is 7.03. The zero-order valence-corrected chi connectivity index (χ0v) is 15.0. The van der Waals surface area contributed by atoms with Crippen molar-refractivity contribution in [1.29, 1.82) is 0 Å². The van der Waals surface area contributed by atoms with Crippen LogP contribution in [0.4, 0.5) is 0 Å². The van der Waals surface area contributed by atoms with Gasteiger partial charge in [-0.05, 0) is 31.9 Å². The summed E-state index contributed by atoms with van der Waals surface area (Å²) in [4.78, 5) is 33.5. The van der Waals surface area contributed by atoms with Gasteiger partial charge in [-0.3, -0.25) is 9.59 Å². The quantitative estimate of drug-likeness (QED) is 0.858. The molecule has 0 aromatic carbocycles. The average molecular weight is 356 g/mol. The molecule has 2 unspecified atom stereocenters. The molecule has 2 fully saturated rings. The number of fused-ring (bicyclic) bond motifs is 2. The highest BCUT2D eigenvalue weighted by Gasteiger charge is 2.40. The molecule has 2 aromatic heterocycles. The molecule has 4 heterocycles. The molecule has 0 aliphatic carbocycles. The van der Waals surface area contributed by atoms with E-state index in [9.17, 15) is 9.59 Å². The minimum atomic E-state index is -0.0178. The van der Waals surface area contributed by atoms with Crippen LogP contribution in [0.25, 0.3) is 5.65 Å². The molecule has 2 aliphatic rings. The van der Waals surface area contributed by atoms with Gasteiger partial charge in [0.15, 0.2) is 5.65 Å². The Labute approximate surface area is 152 Å². The van der Waals surface area contributed by atoms with E-state index in [1.807, 2.05) is 16.8 Å². The van der Waals surface area contributed by atoms with Crippen LogP contribution in [0, 0.1) is 5.92 Å². The fourth-order valence-electron chi connectivity index (χ4n) is 4.21. The monoisotopic (exact) mass is 356 g/mol. The van der Waals surface area contributed by atoms with Gasteiger partial charge in [0.1, 0.15) is 5.56 Å². The standard InChI is InChI=1S/C18H24N6O2/c1-19-7-10-23-15-5-9-22(12-13(15)3-4-16(23)25)18(26)14-11-21-24-8-2-6-20-17(14)24/h2,6,8,11,13,15,19H,3-5,7,9-10,12H2,1H3. The number of likely N-dealkylation sites (N-methyl/N-ethyl adjacent to an activating group) is 1. The summed E-state index contributed by atoms with van der Waals surface area (Å²) >= 11 is 0. The Bertz CT molecular complexity index is 819. The minimum Gasteiger partial charge on any atom is -0.338 e. The van der Waals surface area contributed by atoms with Gasteiger partial charge in [0.05, 0.1) is 6.20 Å². The van der Waals surface area contributed by atoms with Crippen LogP contribution in [0.2, 0.25) is 0 Å². The molecule has 2 atom stereocenters. The van der Waals surface area contributed by atoms with E-state index in [-0.39, 0.29) is 17.9 Å². The van der Waals surface area contributed by atoms with Crippen molar-refractivity contribution in [2.24, 2.45) is 5.92 Å². The SMILES string of the molecule is CNCCN1C(=O)CCC2CN(C(=O)c3cnn4cccnc34)CCC21. The Kier molecular flexibility index (Phi) is 4.58. The maximum Gasteiger partial charge on any atom is 0.259 e. The predicted molar refractivity (Wildman–Crippen MR) is 95.7 cm³/mol. The van der Waals surface area contributed by atoms with E-state index in [4.69, 9.17) is 0 Å². The fourth-order valence-corrected chi connectivity index (χ4v) is 4.21. The van der Waals surface area contributed by atoms with Crippen LogP contribution in [0.5, 0.6) is 0 Å². The number of aromatic nitrogens is 3. The Morgan fingerprint density at radius 2 is 2.27 bits per heavy atom. The number of piperidine rings is 2. The Morgan fingerprint density at radius 1 is 1.38 bits per heavy atom. The molecule has 0 spiro atoms. The molecular formula is C18H24N6O2. The molecular weight excluding hydrogens is 332 g/mol. The first-order valence-electron chi connectivity index (χ1n) is 9.20. The van der Waals surface area contributed by atoms with Crippen molar-refractivity contribution in [3.05, 3.63) is 30.2 Å². The lowest BCUT2D eigenvalue weighted by Crippen LogP contribution is -2.57. The van der Waals surface area contributed by atoms with Gasteiger partial charge in [0.2, 0.25) is 5.91 Å². The van der Waals surface area contributed by atoms with E-state index in [2.05, 4.69) is 15.4 Å². The molecule has 2 amide bonds. The lowest BCUT2D eigenvalue weighted by molar-refractivity contribution is -0.140. The van der Waals surface area contributed by atoms with E-state index in [0.717, 1.165) is 25.9 Å². The first-order valence-corrected chi connectivity index (χ1v) is 9.20. The van der Waals surface area contributed by atoms with Gasteiger partial charge in [-0.2, -0.15) is 5.10 Å². The maximum atomic E-state index is 13.0. The van der Waals surface area contributed by atoms with Gasteiger partial charge in [-0.15, -0.1) is 0 Å². The van der Waals surface area contributed by atoms with Crippen LogP contribution in [-0.4, -0.2) is 75.5 Å². The maximum absolute atomic E-state index is 13.0. The Morgan fingerprint density at radius 3 is 3.12 bits per heavy atom. The zero-order valence-electron chi connectivity index (χ0n) is 15.0. The van der Waals surface area contributed by atoms with Crippen molar-refractivity contribution in [1.82, 2.24) is 29.7 Å². The van der Waals surface area contributed by atoms with Crippen LogP contribution >= 0.6 is 0 Å². The third-order valence-electron chi connectivity index (χ3n) is 5.54. The van der Waals surface area contributed by atoms with E-state index < -0.39 is 0 Å². The molecule has 2 aromatic rings. The summed E-state index contributed by atoms with van der Waals surface area (Å²) in [6.07, 6.45) is 7.32. The second-order valence-corrected chi connectivity index (χ2v) is 7.04. The van der Waals surface area contributed by atoms with Gasteiger partial charge in [-0.25, -0.2) is 9.50 Å². The van der Waals surface area contributed by atoms with Crippen molar-refractivity contribution in [3.8, 4) is 0 Å². The smallest absolute Gasteiger partial charge is 0.259 e. The number of nitrogens with one attached hydrogen (secondary N) is 1. The molecule has 26 heavy (non-hydrogen) atoms. The van der Waals surface area contributed by atoms with Crippen LogP contribution in [-0.2, 0) is 4.79 Å². The molecule has 138 valence electrons. The minimum absolute atomic E-state index is 0.0178. The highest BCUT2D eigenvalue weighted by atomic mass is 16.2. The average Bonchev–Trinajstić information content (AvgIpc) is 3.10. The van der Waals surface area contributed by atoms with Crippen molar-refractivity contribution < 1.29 is 9.59 Å². The number of likely N-dealkylation sites (tertiary alicyclic amines) is 2. The number of carbonyl (C=O) groups is 2. The first-order chi connectivity index (χ1) is 12.7. The number of nitrogens with zero attached hydrogens (tertiary/aromatic N) is 5. The molecule has 1 N–H and O–H groups in total. The first kappa shape index (κ1) is 17.0. The zero-order chi connectivity index (χ0) is 18.1. The normalized spacial score (nSPS) is 23.3. The molecule has 2 saturated heterocycles. The molecule has 2 aliphatic heterocycles. The van der Waals surface area contributed by atoms with Crippen LogP contribution in [0.1, 0.15) is 29.6 Å². The van der Waals surface area contributed by atoms with E-state index in [0.29, 0.717) is 36.6 Å². The van der Waals surface area contributed by atoms with E-state index in [1.165, 1.54) is 0 Å². The van der Waals surface area contributed by atoms with Crippen molar-refractivity contribution in [3.63, 3.8) is 0 Å². The van der Waals surface area contributed by atoms with Gasteiger partial charge >= 0.3 is 0 Å². The third-order valence-corrected chi connectivity index (χ3v) is 5.54.